The average molecular weight is 268 g/mol. The molecule has 0 fully saturated rings. The first-order valence-corrected chi connectivity index (χ1v) is 6.22. The molecule has 0 radical (unpaired) electrons. The van der Waals surface area contributed by atoms with E-state index in [0.29, 0.717) is 10.6 Å². The molecule has 0 aliphatic carbocycles. The molecule has 0 saturated carbocycles. The highest BCUT2D eigenvalue weighted by atomic mass is 35.5. The van der Waals surface area contributed by atoms with Crippen LogP contribution in [-0.4, -0.2) is 9.55 Å². The van der Waals surface area contributed by atoms with Gasteiger partial charge in [-0.3, -0.25) is 4.57 Å². The summed E-state index contributed by atoms with van der Waals surface area (Å²) in [5, 5.41) is 9.82. The van der Waals surface area contributed by atoms with Crippen LogP contribution in [0, 0.1) is 18.3 Å². The van der Waals surface area contributed by atoms with Crippen LogP contribution in [0.3, 0.4) is 0 Å². The highest BCUT2D eigenvalue weighted by Gasteiger charge is 2.12. The SMILES string of the molecule is Cc1nc2ccccc2n1-c1ccc(Cl)cc1C#N. The molecule has 0 atom stereocenters. The normalized spacial score (nSPS) is 10.6. The van der Waals surface area contributed by atoms with E-state index < -0.39 is 0 Å². The molecule has 0 aliphatic rings. The number of imidazole rings is 1. The van der Waals surface area contributed by atoms with Gasteiger partial charge in [0.1, 0.15) is 11.9 Å². The Morgan fingerprint density at radius 1 is 1.21 bits per heavy atom. The van der Waals surface area contributed by atoms with E-state index >= 15 is 0 Å². The third-order valence-electron chi connectivity index (χ3n) is 3.05. The van der Waals surface area contributed by atoms with Crippen LogP contribution >= 0.6 is 11.6 Å². The second-order valence-corrected chi connectivity index (χ2v) is 4.69. The van der Waals surface area contributed by atoms with E-state index in [1.807, 2.05) is 41.8 Å². The fraction of sp³-hybridized carbons (Fsp3) is 0.0667. The summed E-state index contributed by atoms with van der Waals surface area (Å²) in [6, 6.07) is 15.3. The number of fused-ring (bicyclic) bond motifs is 1. The van der Waals surface area contributed by atoms with Gasteiger partial charge in [-0.15, -0.1) is 0 Å². The Kier molecular flexibility index (Phi) is 2.73. The fourth-order valence-electron chi connectivity index (χ4n) is 2.24. The monoisotopic (exact) mass is 267 g/mol. The van der Waals surface area contributed by atoms with E-state index in [1.54, 1.807) is 12.1 Å². The van der Waals surface area contributed by atoms with Gasteiger partial charge in [-0.1, -0.05) is 23.7 Å². The molecule has 92 valence electrons. The van der Waals surface area contributed by atoms with Crippen molar-refractivity contribution in [2.24, 2.45) is 0 Å². The first kappa shape index (κ1) is 11.8. The van der Waals surface area contributed by atoms with Crippen molar-refractivity contribution in [2.75, 3.05) is 0 Å². The van der Waals surface area contributed by atoms with Gasteiger partial charge in [-0.2, -0.15) is 5.26 Å². The van der Waals surface area contributed by atoms with Crippen LogP contribution in [0.15, 0.2) is 42.5 Å². The van der Waals surface area contributed by atoms with Crippen molar-refractivity contribution in [1.29, 1.82) is 5.26 Å². The zero-order chi connectivity index (χ0) is 13.4. The third kappa shape index (κ3) is 1.87. The van der Waals surface area contributed by atoms with Gasteiger partial charge in [0.25, 0.3) is 0 Å². The number of benzene rings is 2. The maximum Gasteiger partial charge on any atom is 0.111 e. The highest BCUT2D eigenvalue weighted by molar-refractivity contribution is 6.30. The molecule has 0 spiro atoms. The van der Waals surface area contributed by atoms with Gasteiger partial charge in [0.05, 0.1) is 22.3 Å². The summed E-state index contributed by atoms with van der Waals surface area (Å²) in [4.78, 5) is 4.51. The van der Waals surface area contributed by atoms with Crippen LogP contribution in [0.4, 0.5) is 0 Å². The smallest absolute Gasteiger partial charge is 0.111 e. The van der Waals surface area contributed by atoms with Gasteiger partial charge in [0, 0.05) is 5.02 Å². The molecule has 3 nitrogen and oxygen atoms in total. The van der Waals surface area contributed by atoms with Crippen molar-refractivity contribution < 1.29 is 0 Å². The molecule has 2 aromatic carbocycles. The summed E-state index contributed by atoms with van der Waals surface area (Å²) in [7, 11) is 0. The topological polar surface area (TPSA) is 41.6 Å². The maximum absolute atomic E-state index is 9.26. The minimum Gasteiger partial charge on any atom is -0.295 e. The van der Waals surface area contributed by atoms with E-state index in [-0.39, 0.29) is 0 Å². The molecule has 4 heteroatoms. The summed E-state index contributed by atoms with van der Waals surface area (Å²) in [5.74, 6) is 0.847. The lowest BCUT2D eigenvalue weighted by atomic mass is 10.2. The Hall–Kier alpha value is -2.31. The molecule has 0 bridgehead atoms. The van der Waals surface area contributed by atoms with E-state index in [9.17, 15) is 5.26 Å². The van der Waals surface area contributed by atoms with Crippen LogP contribution < -0.4 is 0 Å². The molecule has 1 aromatic heterocycles. The molecule has 3 rings (SSSR count). The number of rotatable bonds is 1. The number of halogens is 1. The Bertz CT molecular complexity index is 812. The largest absolute Gasteiger partial charge is 0.295 e. The number of aromatic nitrogens is 2. The van der Waals surface area contributed by atoms with Gasteiger partial charge in [-0.05, 0) is 37.3 Å². The van der Waals surface area contributed by atoms with Crippen molar-refractivity contribution in [3.8, 4) is 11.8 Å². The maximum atomic E-state index is 9.26. The molecular formula is C15H10ClN3. The lowest BCUT2D eigenvalue weighted by molar-refractivity contribution is 0.997. The molecule has 0 amide bonds. The van der Waals surface area contributed by atoms with Gasteiger partial charge >= 0.3 is 0 Å². The zero-order valence-corrected chi connectivity index (χ0v) is 11.0. The number of nitrogens with zero attached hydrogens (tertiary/aromatic N) is 3. The van der Waals surface area contributed by atoms with Gasteiger partial charge in [0.2, 0.25) is 0 Å². The lowest BCUT2D eigenvalue weighted by Crippen LogP contribution is -1.99. The molecule has 0 aliphatic heterocycles. The summed E-state index contributed by atoms with van der Waals surface area (Å²) in [6.45, 7) is 1.93. The Morgan fingerprint density at radius 3 is 2.79 bits per heavy atom. The molecule has 19 heavy (non-hydrogen) atoms. The third-order valence-corrected chi connectivity index (χ3v) is 3.28. The minimum atomic E-state index is 0.541. The van der Waals surface area contributed by atoms with Crippen LogP contribution in [-0.2, 0) is 0 Å². The second kappa shape index (κ2) is 4.42. The predicted molar refractivity (Wildman–Crippen MR) is 75.5 cm³/mol. The highest BCUT2D eigenvalue weighted by Crippen LogP contribution is 2.25. The van der Waals surface area contributed by atoms with Crippen LogP contribution in [0.5, 0.6) is 0 Å². The summed E-state index contributed by atoms with van der Waals surface area (Å²) in [5.41, 5.74) is 3.24. The van der Waals surface area contributed by atoms with Crippen molar-refractivity contribution >= 4 is 22.6 Å². The molecule has 0 unspecified atom stereocenters. The van der Waals surface area contributed by atoms with E-state index in [1.165, 1.54) is 0 Å². The van der Waals surface area contributed by atoms with E-state index in [2.05, 4.69) is 11.1 Å². The van der Waals surface area contributed by atoms with Crippen molar-refractivity contribution in [3.05, 3.63) is 58.9 Å². The number of hydrogen-bond acceptors (Lipinski definition) is 2. The standard InChI is InChI=1S/C15H10ClN3/c1-10-18-13-4-2-3-5-15(13)19(10)14-7-6-12(16)8-11(14)9-17/h2-8H,1H3. The minimum absolute atomic E-state index is 0.541. The Labute approximate surface area is 115 Å². The van der Waals surface area contributed by atoms with Crippen LogP contribution in [0.25, 0.3) is 16.7 Å². The summed E-state index contributed by atoms with van der Waals surface area (Å²) < 4.78 is 1.98. The number of para-hydroxylation sites is 2. The van der Waals surface area contributed by atoms with Gasteiger partial charge in [0.15, 0.2) is 0 Å². The van der Waals surface area contributed by atoms with Crippen molar-refractivity contribution in [2.45, 2.75) is 6.92 Å². The van der Waals surface area contributed by atoms with E-state index in [4.69, 9.17) is 11.6 Å². The summed E-state index contributed by atoms with van der Waals surface area (Å²) >= 11 is 5.94. The number of aryl methyl sites for hydroxylation is 1. The van der Waals surface area contributed by atoms with Crippen molar-refractivity contribution in [3.63, 3.8) is 0 Å². The Morgan fingerprint density at radius 2 is 2.00 bits per heavy atom. The lowest BCUT2D eigenvalue weighted by Gasteiger charge is -2.09. The number of hydrogen-bond donors (Lipinski definition) is 0. The predicted octanol–water partition coefficient (Wildman–Crippen LogP) is 3.86. The van der Waals surface area contributed by atoms with Gasteiger partial charge < -0.3 is 0 Å². The first-order valence-electron chi connectivity index (χ1n) is 5.85. The average Bonchev–Trinajstić information content (AvgIpc) is 2.74. The zero-order valence-electron chi connectivity index (χ0n) is 10.3. The Balaban J connectivity index is 2.37. The molecular weight excluding hydrogens is 258 g/mol. The van der Waals surface area contributed by atoms with Crippen molar-refractivity contribution in [1.82, 2.24) is 9.55 Å². The first-order chi connectivity index (χ1) is 9.20. The fourth-order valence-corrected chi connectivity index (χ4v) is 2.42. The molecule has 1 heterocycles. The molecule has 0 saturated heterocycles. The van der Waals surface area contributed by atoms with Crippen LogP contribution in [0.2, 0.25) is 5.02 Å². The van der Waals surface area contributed by atoms with E-state index in [0.717, 1.165) is 22.5 Å². The molecule has 0 N–H and O–H groups in total. The quantitative estimate of drug-likeness (QED) is 0.672. The van der Waals surface area contributed by atoms with Crippen LogP contribution in [0.1, 0.15) is 11.4 Å². The summed E-state index contributed by atoms with van der Waals surface area (Å²) in [6.07, 6.45) is 0. The number of nitriles is 1. The molecule has 3 aromatic rings. The van der Waals surface area contributed by atoms with Gasteiger partial charge in [-0.25, -0.2) is 4.98 Å². The second-order valence-electron chi connectivity index (χ2n) is 4.26.